The van der Waals surface area contributed by atoms with E-state index >= 15 is 0 Å². The first-order chi connectivity index (χ1) is 10.1. The molecule has 0 fully saturated rings. The van der Waals surface area contributed by atoms with E-state index in [1.54, 1.807) is 6.21 Å². The first-order valence-electron chi connectivity index (χ1n) is 6.46. The molecular formula is C16H17N3O2. The van der Waals surface area contributed by atoms with E-state index < -0.39 is 0 Å². The minimum absolute atomic E-state index is 0.121. The molecule has 2 N–H and O–H groups in total. The van der Waals surface area contributed by atoms with Gasteiger partial charge in [0.25, 0.3) is 5.91 Å². The summed E-state index contributed by atoms with van der Waals surface area (Å²) in [4.78, 5) is 13.8. The molecule has 5 heteroatoms. The number of rotatable bonds is 4. The number of benzene rings is 2. The Morgan fingerprint density at radius 3 is 2.29 bits per heavy atom. The van der Waals surface area contributed by atoms with Gasteiger partial charge in [0.05, 0.1) is 6.21 Å². The Bertz CT molecular complexity index is 632. The number of carbonyl (C=O) groups is 1. The van der Waals surface area contributed by atoms with Crippen LogP contribution in [0, 0.1) is 0 Å². The van der Waals surface area contributed by atoms with E-state index in [1.807, 2.05) is 43.3 Å². The third-order valence-electron chi connectivity index (χ3n) is 2.92. The van der Waals surface area contributed by atoms with E-state index in [0.29, 0.717) is 5.56 Å². The molecule has 0 aliphatic rings. The normalized spacial score (nSPS) is 10.6. The first kappa shape index (κ1) is 14.6. The zero-order valence-corrected chi connectivity index (χ0v) is 11.9. The molecule has 0 aliphatic carbocycles. The molecule has 1 amide bonds. The second-order valence-electron chi connectivity index (χ2n) is 4.73. The highest BCUT2D eigenvalue weighted by Gasteiger charge is 2.03. The molecule has 2 rings (SSSR count). The van der Waals surface area contributed by atoms with Gasteiger partial charge in [0.15, 0.2) is 0 Å². The number of hydrogen-bond acceptors (Lipinski definition) is 4. The van der Waals surface area contributed by atoms with Crippen LogP contribution in [-0.4, -0.2) is 31.3 Å². The fraction of sp³-hybridized carbons (Fsp3) is 0.125. The topological polar surface area (TPSA) is 64.9 Å². The molecule has 5 nitrogen and oxygen atoms in total. The van der Waals surface area contributed by atoms with Gasteiger partial charge in [-0.2, -0.15) is 5.10 Å². The number of amides is 1. The molecule has 0 saturated heterocycles. The minimum atomic E-state index is -0.323. The summed E-state index contributed by atoms with van der Waals surface area (Å²) in [5, 5.41) is 13.1. The second-order valence-corrected chi connectivity index (χ2v) is 4.73. The van der Waals surface area contributed by atoms with Crippen LogP contribution >= 0.6 is 0 Å². The number of nitrogens with one attached hydrogen (secondary N) is 1. The molecule has 0 aromatic heterocycles. The molecule has 108 valence electrons. The highest BCUT2D eigenvalue weighted by Crippen LogP contribution is 2.11. The number of aromatic hydroxyl groups is 1. The van der Waals surface area contributed by atoms with Gasteiger partial charge in [-0.15, -0.1) is 0 Å². The molecular weight excluding hydrogens is 266 g/mol. The van der Waals surface area contributed by atoms with Crippen LogP contribution in [0.4, 0.5) is 5.69 Å². The largest absolute Gasteiger partial charge is 0.508 e. The standard InChI is InChI=1S/C16H17N3O2/c1-19(2)14-7-3-12(4-8-14)11-17-18-16(21)13-5-9-15(20)10-6-13/h3-11,20H,1-2H3,(H,18,21)/b17-11+. The average Bonchev–Trinajstić information content (AvgIpc) is 2.48. The number of carbonyl (C=O) groups excluding carboxylic acids is 1. The summed E-state index contributed by atoms with van der Waals surface area (Å²) in [6, 6.07) is 13.8. The van der Waals surface area contributed by atoms with Crippen molar-refractivity contribution in [2.24, 2.45) is 5.10 Å². The molecule has 0 unspecified atom stereocenters. The van der Waals surface area contributed by atoms with Gasteiger partial charge in [-0.1, -0.05) is 12.1 Å². The lowest BCUT2D eigenvalue weighted by molar-refractivity contribution is 0.0955. The van der Waals surface area contributed by atoms with Gasteiger partial charge in [0, 0.05) is 25.3 Å². The third kappa shape index (κ3) is 4.07. The van der Waals surface area contributed by atoms with E-state index in [2.05, 4.69) is 10.5 Å². The monoisotopic (exact) mass is 283 g/mol. The fourth-order valence-electron chi connectivity index (χ4n) is 1.70. The zero-order valence-electron chi connectivity index (χ0n) is 11.9. The maximum absolute atomic E-state index is 11.8. The van der Waals surface area contributed by atoms with Gasteiger partial charge in [-0.05, 0) is 42.0 Å². The maximum atomic E-state index is 11.8. The summed E-state index contributed by atoms with van der Waals surface area (Å²) in [7, 11) is 3.95. The Kier molecular flexibility index (Phi) is 4.56. The Labute approximate surface area is 123 Å². The van der Waals surface area contributed by atoms with Crippen molar-refractivity contribution < 1.29 is 9.90 Å². The zero-order chi connectivity index (χ0) is 15.2. The second kappa shape index (κ2) is 6.56. The van der Waals surface area contributed by atoms with Crippen molar-refractivity contribution in [1.82, 2.24) is 5.43 Å². The van der Waals surface area contributed by atoms with Gasteiger partial charge < -0.3 is 10.0 Å². The van der Waals surface area contributed by atoms with Crippen LogP contribution in [0.5, 0.6) is 5.75 Å². The summed E-state index contributed by atoms with van der Waals surface area (Å²) < 4.78 is 0. The van der Waals surface area contributed by atoms with E-state index in [9.17, 15) is 4.79 Å². The van der Waals surface area contributed by atoms with Gasteiger partial charge in [0.2, 0.25) is 0 Å². The molecule has 0 saturated carbocycles. The lowest BCUT2D eigenvalue weighted by atomic mass is 10.2. The smallest absolute Gasteiger partial charge is 0.271 e. The highest BCUT2D eigenvalue weighted by molar-refractivity contribution is 5.95. The van der Waals surface area contributed by atoms with Gasteiger partial charge in [0.1, 0.15) is 5.75 Å². The maximum Gasteiger partial charge on any atom is 0.271 e. The quantitative estimate of drug-likeness (QED) is 0.668. The molecule has 0 spiro atoms. The first-order valence-corrected chi connectivity index (χ1v) is 6.46. The van der Waals surface area contributed by atoms with Crippen LogP contribution in [0.1, 0.15) is 15.9 Å². The Hall–Kier alpha value is -2.82. The lowest BCUT2D eigenvalue weighted by Crippen LogP contribution is -2.17. The minimum Gasteiger partial charge on any atom is -0.508 e. The third-order valence-corrected chi connectivity index (χ3v) is 2.92. The summed E-state index contributed by atoms with van der Waals surface area (Å²) in [5.41, 5.74) is 4.87. The lowest BCUT2D eigenvalue weighted by Gasteiger charge is -2.11. The number of phenolic OH excluding ortho intramolecular Hbond substituents is 1. The molecule has 0 heterocycles. The van der Waals surface area contributed by atoms with Crippen molar-refractivity contribution in [2.75, 3.05) is 19.0 Å². The van der Waals surface area contributed by atoms with Crippen molar-refractivity contribution in [1.29, 1.82) is 0 Å². The number of hydrazone groups is 1. The van der Waals surface area contributed by atoms with Crippen molar-refractivity contribution in [2.45, 2.75) is 0 Å². The fourth-order valence-corrected chi connectivity index (χ4v) is 1.70. The molecule has 2 aromatic carbocycles. The van der Waals surface area contributed by atoms with E-state index in [0.717, 1.165) is 11.3 Å². The molecule has 2 aromatic rings. The summed E-state index contributed by atoms with van der Waals surface area (Å²) >= 11 is 0. The SMILES string of the molecule is CN(C)c1ccc(/C=N/NC(=O)c2ccc(O)cc2)cc1. The number of nitrogens with zero attached hydrogens (tertiary/aromatic N) is 2. The average molecular weight is 283 g/mol. The Morgan fingerprint density at radius 2 is 1.71 bits per heavy atom. The predicted octanol–water partition coefficient (Wildman–Crippen LogP) is 2.22. The van der Waals surface area contributed by atoms with Gasteiger partial charge in [-0.3, -0.25) is 4.79 Å². The number of phenols is 1. The number of hydrogen-bond donors (Lipinski definition) is 2. The van der Waals surface area contributed by atoms with Crippen LogP contribution in [-0.2, 0) is 0 Å². The predicted molar refractivity (Wildman–Crippen MR) is 83.9 cm³/mol. The Balaban J connectivity index is 1.95. The summed E-state index contributed by atoms with van der Waals surface area (Å²) in [5.74, 6) is -0.202. The molecule has 0 radical (unpaired) electrons. The molecule has 0 bridgehead atoms. The molecule has 0 atom stereocenters. The van der Waals surface area contributed by atoms with Gasteiger partial charge in [-0.25, -0.2) is 5.43 Å². The van der Waals surface area contributed by atoms with Crippen molar-refractivity contribution in [3.63, 3.8) is 0 Å². The van der Waals surface area contributed by atoms with Crippen LogP contribution in [0.15, 0.2) is 53.6 Å². The Morgan fingerprint density at radius 1 is 1.10 bits per heavy atom. The van der Waals surface area contributed by atoms with Crippen LogP contribution in [0.3, 0.4) is 0 Å². The molecule has 0 aliphatic heterocycles. The van der Waals surface area contributed by atoms with E-state index in [1.165, 1.54) is 24.3 Å². The van der Waals surface area contributed by atoms with E-state index in [-0.39, 0.29) is 11.7 Å². The van der Waals surface area contributed by atoms with Gasteiger partial charge >= 0.3 is 0 Å². The van der Waals surface area contributed by atoms with E-state index in [4.69, 9.17) is 5.11 Å². The van der Waals surface area contributed by atoms with Crippen molar-refractivity contribution >= 4 is 17.8 Å². The van der Waals surface area contributed by atoms with Crippen LogP contribution in [0.2, 0.25) is 0 Å². The summed E-state index contributed by atoms with van der Waals surface area (Å²) in [6.45, 7) is 0. The highest BCUT2D eigenvalue weighted by atomic mass is 16.3. The molecule has 21 heavy (non-hydrogen) atoms. The van der Waals surface area contributed by atoms with Crippen molar-refractivity contribution in [3.8, 4) is 5.75 Å². The van der Waals surface area contributed by atoms with Crippen LogP contribution < -0.4 is 10.3 Å². The summed E-state index contributed by atoms with van der Waals surface area (Å²) in [6.07, 6.45) is 1.58. The van der Waals surface area contributed by atoms with Crippen molar-refractivity contribution in [3.05, 3.63) is 59.7 Å². The number of anilines is 1. The van der Waals surface area contributed by atoms with Crippen LogP contribution in [0.25, 0.3) is 0 Å².